The number of fused-ring (bicyclic) bond motifs is 18. The van der Waals surface area contributed by atoms with E-state index in [-0.39, 0.29) is 0 Å². The Morgan fingerprint density at radius 1 is 0.171 bits per heavy atom. The number of nitrogens with zero attached hydrogens (tertiary/aromatic N) is 4. The highest BCUT2D eigenvalue weighted by atomic mass is 15.0. The van der Waals surface area contributed by atoms with Crippen molar-refractivity contribution in [2.75, 3.05) is 0 Å². The second-order valence-corrected chi connectivity index (χ2v) is 18.8. The van der Waals surface area contributed by atoms with Crippen LogP contribution < -0.4 is 0 Å². The molecule has 0 amide bonds. The zero-order valence-corrected chi connectivity index (χ0v) is 37.9. The van der Waals surface area contributed by atoms with E-state index in [4.69, 9.17) is 0 Å². The fraction of sp³-hybridized carbons (Fsp3) is 0. The van der Waals surface area contributed by atoms with Gasteiger partial charge in [0.05, 0.1) is 49.8 Å². The van der Waals surface area contributed by atoms with Crippen LogP contribution in [0, 0.1) is 0 Å². The average Bonchev–Trinajstić information content (AvgIpc) is 4.16. The summed E-state index contributed by atoms with van der Waals surface area (Å²) in [6, 6.07) is 89.8. The molecule has 4 heteroatoms. The van der Waals surface area contributed by atoms with Crippen LogP contribution in [-0.2, 0) is 0 Å². The van der Waals surface area contributed by atoms with Crippen LogP contribution in [0.15, 0.2) is 243 Å². The molecular formula is C66H40N4. The van der Waals surface area contributed by atoms with Gasteiger partial charge in [0.1, 0.15) is 0 Å². The van der Waals surface area contributed by atoms with Crippen molar-refractivity contribution in [3.8, 4) is 22.7 Å². The Bertz CT molecular complexity index is 4770. The number of hydrogen-bond donors (Lipinski definition) is 0. The smallest absolute Gasteiger partial charge is 0.0562 e. The number of benzene rings is 12. The van der Waals surface area contributed by atoms with E-state index in [0.29, 0.717) is 0 Å². The molecule has 0 bridgehead atoms. The molecule has 0 fully saturated rings. The minimum Gasteiger partial charge on any atom is -0.309 e. The largest absolute Gasteiger partial charge is 0.309 e. The van der Waals surface area contributed by atoms with Gasteiger partial charge < -0.3 is 18.3 Å². The molecular weight excluding hydrogens is 849 g/mol. The van der Waals surface area contributed by atoms with E-state index in [1.165, 1.54) is 125 Å². The van der Waals surface area contributed by atoms with E-state index in [1.807, 2.05) is 0 Å². The molecule has 0 spiro atoms. The Labute approximate surface area is 401 Å². The third kappa shape index (κ3) is 5.03. The van der Waals surface area contributed by atoms with Crippen LogP contribution in [-0.4, -0.2) is 18.3 Å². The van der Waals surface area contributed by atoms with Crippen molar-refractivity contribution in [3.63, 3.8) is 0 Å². The Hall–Kier alpha value is -9.38. The lowest BCUT2D eigenvalue weighted by molar-refractivity contribution is 1.17. The minimum absolute atomic E-state index is 1.14. The maximum absolute atomic E-state index is 2.47. The Morgan fingerprint density at radius 2 is 0.471 bits per heavy atom. The van der Waals surface area contributed by atoms with Crippen LogP contribution in [0.2, 0.25) is 0 Å². The van der Waals surface area contributed by atoms with Gasteiger partial charge in [-0.2, -0.15) is 0 Å². The standard InChI is InChI=1S/C66H40N4/c1-2-17-45-44(16-1)54-38-41(68-59-26-11-7-22-52(59)56-40-43(34-37-63(56)68)67-57-24-9-3-18-48(57)49-19-4-10-25-58(49)67)32-35-46(54)47-36-33-42(39-55(45)47)69-62-29-14-8-23-53(62)66-64(69)30-15-31-65(66)70-60-27-12-5-20-50(60)51-21-6-13-28-61(51)70/h1-40H. The van der Waals surface area contributed by atoms with Gasteiger partial charge in [0.2, 0.25) is 0 Å². The summed E-state index contributed by atoms with van der Waals surface area (Å²) in [6.07, 6.45) is 0. The van der Waals surface area contributed by atoms with E-state index in [1.54, 1.807) is 0 Å². The highest BCUT2D eigenvalue weighted by Crippen LogP contribution is 2.44. The summed E-state index contributed by atoms with van der Waals surface area (Å²) in [6.45, 7) is 0. The maximum atomic E-state index is 2.47. The van der Waals surface area contributed by atoms with Gasteiger partial charge in [-0.25, -0.2) is 0 Å². The van der Waals surface area contributed by atoms with Crippen LogP contribution in [0.25, 0.3) is 142 Å². The van der Waals surface area contributed by atoms with Gasteiger partial charge in [0.15, 0.2) is 0 Å². The summed E-state index contributed by atoms with van der Waals surface area (Å²) >= 11 is 0. The van der Waals surface area contributed by atoms with Gasteiger partial charge >= 0.3 is 0 Å². The predicted molar refractivity (Wildman–Crippen MR) is 296 cm³/mol. The molecule has 0 N–H and O–H groups in total. The summed E-state index contributed by atoms with van der Waals surface area (Å²) in [5, 5.41) is 17.5. The van der Waals surface area contributed by atoms with Crippen molar-refractivity contribution in [1.29, 1.82) is 0 Å². The second-order valence-electron chi connectivity index (χ2n) is 18.8. The normalized spacial score (nSPS) is 12.3. The van der Waals surface area contributed by atoms with Gasteiger partial charge in [0, 0.05) is 60.2 Å². The SMILES string of the molecule is c1ccc2c(c1)c1cc(-n3c4ccccc4c4cc(-n5c6ccccc6c6ccccc65)ccc43)ccc1c1ccc(-n3c4ccccc4c4c(-n5c6ccccc6c6ccccc65)cccc43)cc21. The lowest BCUT2D eigenvalue weighted by Gasteiger charge is -2.16. The fourth-order valence-corrected chi connectivity index (χ4v) is 12.4. The molecule has 4 aromatic heterocycles. The summed E-state index contributed by atoms with van der Waals surface area (Å²) in [5.41, 5.74) is 14.2. The summed E-state index contributed by atoms with van der Waals surface area (Å²) in [7, 11) is 0. The Morgan fingerprint density at radius 3 is 0.943 bits per heavy atom. The van der Waals surface area contributed by atoms with Crippen LogP contribution >= 0.6 is 0 Å². The number of para-hydroxylation sites is 6. The highest BCUT2D eigenvalue weighted by molar-refractivity contribution is 6.26. The van der Waals surface area contributed by atoms with E-state index >= 15 is 0 Å². The first kappa shape index (κ1) is 37.7. The summed E-state index contributed by atoms with van der Waals surface area (Å²) in [4.78, 5) is 0. The summed E-state index contributed by atoms with van der Waals surface area (Å²) in [5.74, 6) is 0. The van der Waals surface area contributed by atoms with Crippen molar-refractivity contribution in [2.45, 2.75) is 0 Å². The molecule has 16 rings (SSSR count). The van der Waals surface area contributed by atoms with Crippen molar-refractivity contribution in [3.05, 3.63) is 243 Å². The van der Waals surface area contributed by atoms with Gasteiger partial charge in [-0.15, -0.1) is 0 Å². The Balaban J connectivity index is 0.890. The van der Waals surface area contributed by atoms with Crippen molar-refractivity contribution in [1.82, 2.24) is 18.3 Å². The van der Waals surface area contributed by atoms with E-state index in [9.17, 15) is 0 Å². The quantitative estimate of drug-likeness (QED) is 0.157. The van der Waals surface area contributed by atoms with Crippen LogP contribution in [0.5, 0.6) is 0 Å². The first-order valence-corrected chi connectivity index (χ1v) is 24.2. The molecule has 0 radical (unpaired) electrons. The fourth-order valence-electron chi connectivity index (χ4n) is 12.4. The first-order chi connectivity index (χ1) is 34.8. The molecule has 0 saturated carbocycles. The maximum Gasteiger partial charge on any atom is 0.0562 e. The van der Waals surface area contributed by atoms with Crippen LogP contribution in [0.4, 0.5) is 0 Å². The monoisotopic (exact) mass is 888 g/mol. The molecule has 4 heterocycles. The van der Waals surface area contributed by atoms with Crippen molar-refractivity contribution < 1.29 is 0 Å². The number of aromatic nitrogens is 4. The molecule has 0 saturated heterocycles. The van der Waals surface area contributed by atoms with Crippen LogP contribution in [0.3, 0.4) is 0 Å². The van der Waals surface area contributed by atoms with Gasteiger partial charge in [-0.1, -0.05) is 152 Å². The van der Waals surface area contributed by atoms with Crippen molar-refractivity contribution in [2.24, 2.45) is 0 Å². The molecule has 0 aliphatic rings. The molecule has 0 atom stereocenters. The zero-order valence-electron chi connectivity index (χ0n) is 37.9. The van der Waals surface area contributed by atoms with Crippen molar-refractivity contribution >= 4 is 120 Å². The van der Waals surface area contributed by atoms with Gasteiger partial charge in [-0.05, 0) is 123 Å². The molecule has 12 aromatic carbocycles. The molecule has 16 aromatic rings. The van der Waals surface area contributed by atoms with Gasteiger partial charge in [0.25, 0.3) is 0 Å². The Kier molecular flexibility index (Phi) is 7.58. The number of rotatable bonds is 4. The predicted octanol–water partition coefficient (Wildman–Crippen LogP) is 17.5. The average molecular weight is 889 g/mol. The van der Waals surface area contributed by atoms with E-state index in [2.05, 4.69) is 261 Å². The molecule has 324 valence electrons. The zero-order chi connectivity index (χ0) is 45.6. The molecule has 0 aliphatic carbocycles. The van der Waals surface area contributed by atoms with E-state index in [0.717, 1.165) is 17.1 Å². The molecule has 70 heavy (non-hydrogen) atoms. The van der Waals surface area contributed by atoms with Crippen LogP contribution in [0.1, 0.15) is 0 Å². The topological polar surface area (TPSA) is 19.7 Å². The highest BCUT2D eigenvalue weighted by Gasteiger charge is 2.22. The minimum atomic E-state index is 1.14. The van der Waals surface area contributed by atoms with Gasteiger partial charge in [-0.3, -0.25) is 0 Å². The number of hydrogen-bond acceptors (Lipinski definition) is 0. The third-order valence-corrected chi connectivity index (χ3v) is 15.3. The van der Waals surface area contributed by atoms with E-state index < -0.39 is 0 Å². The lowest BCUT2D eigenvalue weighted by atomic mass is 9.93. The lowest BCUT2D eigenvalue weighted by Crippen LogP contribution is -1.97. The third-order valence-electron chi connectivity index (χ3n) is 15.3. The molecule has 0 unspecified atom stereocenters. The first-order valence-electron chi connectivity index (χ1n) is 24.2. The molecule has 4 nitrogen and oxygen atoms in total. The molecule has 0 aliphatic heterocycles. The summed E-state index contributed by atoms with van der Waals surface area (Å²) < 4.78 is 9.80. The second kappa shape index (κ2) is 14.1.